The number of fused-ring (bicyclic) bond motifs is 1. The topological polar surface area (TPSA) is 20.2 Å². The van der Waals surface area contributed by atoms with Gasteiger partial charge in [0.05, 0.1) is 5.60 Å². The Kier molecular flexibility index (Phi) is 2.51. The molecule has 1 heteroatoms. The standard InChI is InChI=1S/C15H20O/c16-15(13-8-5-9-13)11-4-3-7-12-6-1-2-10-14(12)15/h1-2,6,10,13,16H,3-5,7-9,11H2. The quantitative estimate of drug-likeness (QED) is 0.713. The predicted octanol–water partition coefficient (Wildman–Crippen LogP) is 3.40. The predicted molar refractivity (Wildman–Crippen MR) is 65.2 cm³/mol. The van der Waals surface area contributed by atoms with Gasteiger partial charge in [-0.05, 0) is 55.6 Å². The fourth-order valence-corrected chi connectivity index (χ4v) is 3.32. The fraction of sp³-hybridized carbons (Fsp3) is 0.600. The molecule has 0 spiro atoms. The summed E-state index contributed by atoms with van der Waals surface area (Å²) in [5, 5.41) is 11.0. The first kappa shape index (κ1) is 10.3. The first-order valence-corrected chi connectivity index (χ1v) is 6.61. The Morgan fingerprint density at radius 2 is 1.88 bits per heavy atom. The molecule has 0 radical (unpaired) electrons. The first-order chi connectivity index (χ1) is 7.81. The van der Waals surface area contributed by atoms with E-state index in [4.69, 9.17) is 0 Å². The van der Waals surface area contributed by atoms with Gasteiger partial charge in [0.25, 0.3) is 0 Å². The normalized spacial score (nSPS) is 30.3. The van der Waals surface area contributed by atoms with Crippen molar-refractivity contribution in [3.8, 4) is 0 Å². The van der Waals surface area contributed by atoms with Crippen LogP contribution in [0.2, 0.25) is 0 Å². The van der Waals surface area contributed by atoms with E-state index in [-0.39, 0.29) is 0 Å². The molecule has 1 atom stereocenters. The minimum absolute atomic E-state index is 0.509. The van der Waals surface area contributed by atoms with Crippen molar-refractivity contribution in [1.82, 2.24) is 0 Å². The van der Waals surface area contributed by atoms with Gasteiger partial charge in [0.1, 0.15) is 0 Å². The lowest BCUT2D eigenvalue weighted by atomic mass is 9.67. The molecule has 1 saturated carbocycles. The van der Waals surface area contributed by atoms with Crippen LogP contribution in [0, 0.1) is 5.92 Å². The number of hydrogen-bond acceptors (Lipinski definition) is 1. The molecule has 0 bridgehead atoms. The maximum absolute atomic E-state index is 11.0. The molecule has 3 rings (SSSR count). The molecule has 0 aromatic heterocycles. The zero-order valence-corrected chi connectivity index (χ0v) is 9.78. The van der Waals surface area contributed by atoms with Crippen molar-refractivity contribution in [3.05, 3.63) is 35.4 Å². The van der Waals surface area contributed by atoms with Crippen LogP contribution in [0.15, 0.2) is 24.3 Å². The molecule has 1 unspecified atom stereocenters. The van der Waals surface area contributed by atoms with Gasteiger partial charge in [0.2, 0.25) is 0 Å². The Labute approximate surface area is 97.5 Å². The minimum atomic E-state index is -0.509. The molecule has 1 nitrogen and oxygen atoms in total. The molecular formula is C15H20O. The molecule has 0 saturated heterocycles. The molecule has 1 aromatic rings. The smallest absolute Gasteiger partial charge is 0.0927 e. The Bertz CT molecular complexity index is 381. The minimum Gasteiger partial charge on any atom is -0.385 e. The summed E-state index contributed by atoms with van der Waals surface area (Å²) in [5.41, 5.74) is 2.11. The van der Waals surface area contributed by atoms with Crippen LogP contribution in [0.25, 0.3) is 0 Å². The molecule has 2 aliphatic carbocycles. The molecule has 86 valence electrons. The van der Waals surface area contributed by atoms with Crippen LogP contribution in [-0.4, -0.2) is 5.11 Å². The van der Waals surface area contributed by atoms with Gasteiger partial charge in [-0.3, -0.25) is 0 Å². The van der Waals surface area contributed by atoms with E-state index < -0.39 is 5.60 Å². The Hall–Kier alpha value is -0.820. The molecule has 0 amide bonds. The van der Waals surface area contributed by atoms with Gasteiger partial charge in [-0.1, -0.05) is 30.7 Å². The van der Waals surface area contributed by atoms with Gasteiger partial charge >= 0.3 is 0 Å². The largest absolute Gasteiger partial charge is 0.385 e. The Morgan fingerprint density at radius 3 is 2.62 bits per heavy atom. The third-order valence-electron chi connectivity index (χ3n) is 4.52. The fourth-order valence-electron chi connectivity index (χ4n) is 3.32. The monoisotopic (exact) mass is 216 g/mol. The first-order valence-electron chi connectivity index (χ1n) is 6.61. The van der Waals surface area contributed by atoms with E-state index in [1.54, 1.807) is 0 Å². The van der Waals surface area contributed by atoms with Gasteiger partial charge in [-0.15, -0.1) is 0 Å². The molecule has 1 aromatic carbocycles. The lowest BCUT2D eigenvalue weighted by molar-refractivity contribution is -0.0634. The summed E-state index contributed by atoms with van der Waals surface area (Å²) >= 11 is 0. The number of hydrogen-bond donors (Lipinski definition) is 1. The van der Waals surface area contributed by atoms with Gasteiger partial charge in [0.15, 0.2) is 0 Å². The van der Waals surface area contributed by atoms with E-state index in [0.29, 0.717) is 5.92 Å². The van der Waals surface area contributed by atoms with Gasteiger partial charge in [0, 0.05) is 0 Å². The highest BCUT2D eigenvalue weighted by molar-refractivity contribution is 5.34. The molecule has 16 heavy (non-hydrogen) atoms. The SMILES string of the molecule is OC1(C2CCC2)CCCCc2ccccc21. The van der Waals surface area contributed by atoms with E-state index in [1.807, 2.05) is 0 Å². The summed E-state index contributed by atoms with van der Waals surface area (Å²) in [4.78, 5) is 0. The molecule has 2 aliphatic rings. The average Bonchev–Trinajstić information content (AvgIpc) is 2.37. The van der Waals surface area contributed by atoms with Gasteiger partial charge in [-0.2, -0.15) is 0 Å². The summed E-state index contributed by atoms with van der Waals surface area (Å²) < 4.78 is 0. The van der Waals surface area contributed by atoms with Crippen molar-refractivity contribution < 1.29 is 5.11 Å². The van der Waals surface area contributed by atoms with Crippen LogP contribution in [0.4, 0.5) is 0 Å². The Morgan fingerprint density at radius 1 is 1.06 bits per heavy atom. The maximum Gasteiger partial charge on any atom is 0.0927 e. The lowest BCUT2D eigenvalue weighted by Crippen LogP contribution is -2.39. The molecular weight excluding hydrogens is 196 g/mol. The van der Waals surface area contributed by atoms with Crippen LogP contribution in [0.1, 0.15) is 49.7 Å². The van der Waals surface area contributed by atoms with Crippen molar-refractivity contribution >= 4 is 0 Å². The average molecular weight is 216 g/mol. The molecule has 0 aliphatic heterocycles. The summed E-state index contributed by atoms with van der Waals surface area (Å²) in [5.74, 6) is 0.520. The van der Waals surface area contributed by atoms with E-state index in [2.05, 4.69) is 24.3 Å². The number of aryl methyl sites for hydroxylation is 1. The second-order valence-corrected chi connectivity index (χ2v) is 5.42. The van der Waals surface area contributed by atoms with Crippen molar-refractivity contribution in [3.63, 3.8) is 0 Å². The number of aliphatic hydroxyl groups is 1. The van der Waals surface area contributed by atoms with E-state index in [1.165, 1.54) is 43.2 Å². The summed E-state index contributed by atoms with van der Waals surface area (Å²) in [6.45, 7) is 0. The third-order valence-corrected chi connectivity index (χ3v) is 4.52. The van der Waals surface area contributed by atoms with Crippen LogP contribution in [0.5, 0.6) is 0 Å². The van der Waals surface area contributed by atoms with Crippen LogP contribution in [0.3, 0.4) is 0 Å². The van der Waals surface area contributed by atoms with Crippen LogP contribution >= 0.6 is 0 Å². The van der Waals surface area contributed by atoms with Gasteiger partial charge < -0.3 is 5.11 Å². The summed E-state index contributed by atoms with van der Waals surface area (Å²) in [7, 11) is 0. The Balaban J connectivity index is 2.04. The highest BCUT2D eigenvalue weighted by Gasteiger charge is 2.42. The number of benzene rings is 1. The van der Waals surface area contributed by atoms with Crippen molar-refractivity contribution in [2.45, 2.75) is 50.5 Å². The summed E-state index contributed by atoms with van der Waals surface area (Å²) in [6, 6.07) is 8.53. The highest BCUT2D eigenvalue weighted by atomic mass is 16.3. The zero-order valence-electron chi connectivity index (χ0n) is 9.78. The summed E-state index contributed by atoms with van der Waals surface area (Å²) in [6.07, 6.45) is 8.23. The van der Waals surface area contributed by atoms with Crippen molar-refractivity contribution in [2.75, 3.05) is 0 Å². The van der Waals surface area contributed by atoms with E-state index in [9.17, 15) is 5.11 Å². The van der Waals surface area contributed by atoms with Crippen molar-refractivity contribution in [2.24, 2.45) is 5.92 Å². The van der Waals surface area contributed by atoms with Gasteiger partial charge in [-0.25, -0.2) is 0 Å². The van der Waals surface area contributed by atoms with Crippen molar-refractivity contribution in [1.29, 1.82) is 0 Å². The van der Waals surface area contributed by atoms with E-state index in [0.717, 1.165) is 12.8 Å². The van der Waals surface area contributed by atoms with Crippen LogP contribution in [-0.2, 0) is 12.0 Å². The number of rotatable bonds is 1. The molecule has 0 heterocycles. The lowest BCUT2D eigenvalue weighted by Gasteiger charge is -2.42. The van der Waals surface area contributed by atoms with E-state index >= 15 is 0 Å². The molecule has 1 N–H and O–H groups in total. The van der Waals surface area contributed by atoms with Crippen LogP contribution < -0.4 is 0 Å². The second kappa shape index (κ2) is 3.89. The highest BCUT2D eigenvalue weighted by Crippen LogP contribution is 2.47. The maximum atomic E-state index is 11.0. The third kappa shape index (κ3) is 1.49. The molecule has 1 fully saturated rings. The zero-order chi connectivity index (χ0) is 11.0. The second-order valence-electron chi connectivity index (χ2n) is 5.42.